The van der Waals surface area contributed by atoms with Crippen LogP contribution < -0.4 is 0 Å². The summed E-state index contributed by atoms with van der Waals surface area (Å²) >= 11 is 0. The molecule has 0 aromatic rings. The minimum Gasteiger partial charge on any atom is -0.436 e. The minimum absolute atomic E-state index is 0.228. The molecule has 5 fully saturated rings. The third kappa shape index (κ3) is 2.53. The number of fused-ring (bicyclic) bond motifs is 9. The summed E-state index contributed by atoms with van der Waals surface area (Å²) in [5.74, 6) is 1.35. The third-order valence-electron chi connectivity index (χ3n) is 8.24. The summed E-state index contributed by atoms with van der Waals surface area (Å²) < 4.78 is 22.4. The number of carbonyl (C=O) groups excluding carboxylic acids is 2. The lowest BCUT2D eigenvalue weighted by Gasteiger charge is -2.40. The summed E-state index contributed by atoms with van der Waals surface area (Å²) in [5, 5.41) is 0. The van der Waals surface area contributed by atoms with E-state index in [1.807, 2.05) is 0 Å². The summed E-state index contributed by atoms with van der Waals surface area (Å²) in [6, 6.07) is 0. The molecule has 0 aromatic carbocycles. The highest BCUT2D eigenvalue weighted by atomic mass is 16.7. The molecule has 0 N–H and O–H groups in total. The Kier molecular flexibility index (Phi) is 4.09. The highest BCUT2D eigenvalue weighted by molar-refractivity contribution is 5.84. The highest BCUT2D eigenvalue weighted by Gasteiger charge is 2.68. The predicted octanol–water partition coefficient (Wildman–Crippen LogP) is 2.67. The second-order valence-electron chi connectivity index (χ2n) is 9.48. The van der Waals surface area contributed by atoms with Gasteiger partial charge >= 0.3 is 11.9 Å². The van der Waals surface area contributed by atoms with Crippen LogP contribution in [-0.2, 0) is 28.5 Å². The lowest BCUT2D eigenvalue weighted by Crippen LogP contribution is -2.46. The fourth-order valence-corrected chi connectivity index (χ4v) is 7.38. The second-order valence-corrected chi connectivity index (χ2v) is 9.48. The first-order valence-electron chi connectivity index (χ1n) is 11.0. The van der Waals surface area contributed by atoms with Crippen LogP contribution in [0, 0.1) is 47.3 Å². The molecule has 28 heavy (non-hydrogen) atoms. The van der Waals surface area contributed by atoms with Gasteiger partial charge in [-0.1, -0.05) is 12.2 Å². The van der Waals surface area contributed by atoms with Gasteiger partial charge in [0, 0.05) is 12.8 Å². The number of rotatable bonds is 4. The molecule has 4 bridgehead atoms. The molecule has 0 aromatic heterocycles. The molecule has 0 radical (unpaired) electrons. The van der Waals surface area contributed by atoms with Crippen molar-refractivity contribution in [1.29, 1.82) is 0 Å². The van der Waals surface area contributed by atoms with Gasteiger partial charge in [0.2, 0.25) is 12.6 Å². The van der Waals surface area contributed by atoms with Gasteiger partial charge in [-0.15, -0.1) is 0 Å². The van der Waals surface area contributed by atoms with Crippen LogP contribution in [0.1, 0.15) is 38.5 Å². The van der Waals surface area contributed by atoms with E-state index < -0.39 is 24.4 Å². The predicted molar refractivity (Wildman–Crippen MR) is 96.4 cm³/mol. The van der Waals surface area contributed by atoms with Crippen LogP contribution in [0.25, 0.3) is 0 Å². The molecule has 152 valence electrons. The van der Waals surface area contributed by atoms with Gasteiger partial charge in [0.1, 0.15) is 0 Å². The topological polar surface area (TPSA) is 71.1 Å². The Morgan fingerprint density at radius 3 is 1.68 bits per heavy atom. The smallest absolute Gasteiger partial charge is 0.312 e. The number of hydrogen-bond donors (Lipinski definition) is 0. The number of hydrogen-bond acceptors (Lipinski definition) is 6. The largest absolute Gasteiger partial charge is 0.436 e. The Labute approximate surface area is 164 Å². The summed E-state index contributed by atoms with van der Waals surface area (Å²) in [6.45, 7) is 1.27. The van der Waals surface area contributed by atoms with E-state index in [0.29, 0.717) is 36.9 Å². The first kappa shape index (κ1) is 17.5. The van der Waals surface area contributed by atoms with Gasteiger partial charge in [-0.05, 0) is 61.2 Å². The van der Waals surface area contributed by atoms with E-state index in [2.05, 4.69) is 12.2 Å². The van der Waals surface area contributed by atoms with Crippen LogP contribution in [0.5, 0.6) is 0 Å². The maximum atomic E-state index is 13.2. The SMILES string of the molecule is O=C(OC1CCCO1)C1C2CC(C1C(=O)OC1CCCO1)C1C3C=CC(C3)C21. The van der Waals surface area contributed by atoms with Gasteiger partial charge in [0.25, 0.3) is 0 Å². The van der Waals surface area contributed by atoms with E-state index in [1.165, 1.54) is 6.42 Å². The number of esters is 2. The molecule has 2 heterocycles. The zero-order valence-electron chi connectivity index (χ0n) is 16.0. The minimum atomic E-state index is -0.447. The van der Waals surface area contributed by atoms with Crippen molar-refractivity contribution in [3.8, 4) is 0 Å². The molecular formula is C22H28O6. The number of ether oxygens (including phenoxy) is 4. The molecule has 2 saturated heterocycles. The van der Waals surface area contributed by atoms with Gasteiger partial charge in [-0.25, -0.2) is 0 Å². The maximum Gasteiger partial charge on any atom is 0.312 e. The fourth-order valence-electron chi connectivity index (χ4n) is 7.38. The van der Waals surface area contributed by atoms with Gasteiger partial charge in [0.05, 0.1) is 25.0 Å². The second kappa shape index (κ2) is 6.56. The van der Waals surface area contributed by atoms with Crippen molar-refractivity contribution in [3.63, 3.8) is 0 Å². The molecular weight excluding hydrogens is 360 g/mol. The Morgan fingerprint density at radius 1 is 0.750 bits per heavy atom. The lowest BCUT2D eigenvalue weighted by molar-refractivity contribution is -0.192. The average molecular weight is 388 g/mol. The molecule has 3 saturated carbocycles. The molecule has 6 nitrogen and oxygen atoms in total. The monoisotopic (exact) mass is 388 g/mol. The number of allylic oxidation sites excluding steroid dienone is 2. The summed E-state index contributed by atoms with van der Waals surface area (Å²) in [7, 11) is 0. The summed E-state index contributed by atoms with van der Waals surface area (Å²) in [4.78, 5) is 26.4. The van der Waals surface area contributed by atoms with Crippen molar-refractivity contribution in [2.24, 2.45) is 47.3 Å². The molecule has 0 amide bonds. The van der Waals surface area contributed by atoms with Gasteiger partial charge < -0.3 is 18.9 Å². The van der Waals surface area contributed by atoms with E-state index in [1.54, 1.807) is 0 Å². The quantitative estimate of drug-likeness (QED) is 0.419. The maximum absolute atomic E-state index is 13.2. The summed E-state index contributed by atoms with van der Waals surface area (Å²) in [6.07, 6.45) is 9.24. The van der Waals surface area contributed by atoms with Gasteiger partial charge in [0.15, 0.2) is 0 Å². The van der Waals surface area contributed by atoms with Crippen molar-refractivity contribution >= 4 is 11.9 Å². The standard InChI is InChI=1S/C22H28O6/c23-21(27-15-3-1-7-25-15)19-13-10-14(18-12-6-5-11(9-12)17(13)18)20(19)22(24)28-16-4-2-8-26-16/h5-6,11-20H,1-4,7-10H2. The van der Waals surface area contributed by atoms with Crippen molar-refractivity contribution in [1.82, 2.24) is 0 Å². The van der Waals surface area contributed by atoms with Gasteiger partial charge in [-0.2, -0.15) is 0 Å². The zero-order chi connectivity index (χ0) is 18.8. The van der Waals surface area contributed by atoms with Crippen LogP contribution in [-0.4, -0.2) is 37.7 Å². The molecule has 10 atom stereocenters. The van der Waals surface area contributed by atoms with Crippen LogP contribution >= 0.6 is 0 Å². The Bertz CT molecular complexity index is 635. The summed E-state index contributed by atoms with van der Waals surface area (Å²) in [5.41, 5.74) is 0. The molecule has 10 unspecified atom stereocenters. The van der Waals surface area contributed by atoms with E-state index >= 15 is 0 Å². The molecule has 6 heteroatoms. The third-order valence-corrected chi connectivity index (χ3v) is 8.24. The van der Waals surface area contributed by atoms with Crippen LogP contribution in [0.2, 0.25) is 0 Å². The van der Waals surface area contributed by atoms with Crippen molar-refractivity contribution in [2.45, 2.75) is 51.1 Å². The van der Waals surface area contributed by atoms with Gasteiger partial charge in [-0.3, -0.25) is 9.59 Å². The number of carbonyl (C=O) groups is 2. The van der Waals surface area contributed by atoms with E-state index in [-0.39, 0.29) is 23.8 Å². The van der Waals surface area contributed by atoms with Crippen LogP contribution in [0.4, 0.5) is 0 Å². The zero-order valence-corrected chi connectivity index (χ0v) is 16.0. The first-order valence-corrected chi connectivity index (χ1v) is 11.0. The molecule has 2 aliphatic heterocycles. The van der Waals surface area contributed by atoms with Crippen molar-refractivity contribution in [3.05, 3.63) is 12.2 Å². The first-order chi connectivity index (χ1) is 13.7. The molecule has 6 rings (SSSR count). The Morgan fingerprint density at radius 2 is 1.25 bits per heavy atom. The van der Waals surface area contributed by atoms with E-state index in [4.69, 9.17) is 18.9 Å². The Balaban J connectivity index is 1.26. The molecule has 6 aliphatic rings. The lowest BCUT2D eigenvalue weighted by atomic mass is 9.65. The normalized spacial score (nSPS) is 50.3. The highest BCUT2D eigenvalue weighted by Crippen LogP contribution is 2.69. The van der Waals surface area contributed by atoms with Crippen LogP contribution in [0.3, 0.4) is 0 Å². The fraction of sp³-hybridized carbons (Fsp3) is 0.818. The van der Waals surface area contributed by atoms with Crippen molar-refractivity contribution < 1.29 is 28.5 Å². The molecule has 4 aliphatic carbocycles. The Hall–Kier alpha value is -1.40. The molecule has 0 spiro atoms. The van der Waals surface area contributed by atoms with Crippen LogP contribution in [0.15, 0.2) is 12.2 Å². The average Bonchev–Trinajstić information content (AvgIpc) is 3.51. The van der Waals surface area contributed by atoms with Crippen molar-refractivity contribution in [2.75, 3.05) is 13.2 Å². The van der Waals surface area contributed by atoms with E-state index in [0.717, 1.165) is 32.1 Å². The van der Waals surface area contributed by atoms with E-state index in [9.17, 15) is 9.59 Å².